The fourth-order valence-electron chi connectivity index (χ4n) is 20.8. The van der Waals surface area contributed by atoms with Crippen molar-refractivity contribution in [3.63, 3.8) is 0 Å². The van der Waals surface area contributed by atoms with Gasteiger partial charge in [0.05, 0.1) is 37.6 Å². The SMILES string of the molecule is CC(C)(C)[Si](C)(C)OCC(=O)[C@@]12O[C@H](c3ccc(Sc4ccc(N)cc4)cc3)O[C@@H]1C[C@H]1[C@@H]3C[C@H](F)C4=CC(=O)C=C[C@]4(C)[C@@]3(F)[C@@H](O)C[C@@]12C.C[C@H](NC(=O)OC(C)(C)C)C(=O)Nc1ccc(Sc2ccc([C@@H]3O[C@@H]4C[C@H]5[C@@H]6C[C@H](F)C7=CC(=O)C=C[C@]7(C)[C@@]6(F)[C@@H](O)C[C@]5(C)[C@]4(C(=O)CO[Si](C)(C)C(C)(C)C)O3)cc2)cc1.C[C@H](NC(=O)OC(C)(C)C)C(=O)O.O=P(Cl)(Cl)Cl.c1ccncc1. The molecular formula is C101H131Cl3F4N5O20PS2Si2. The smallest absolute Gasteiger partial charge is 0.408 e. The van der Waals surface area contributed by atoms with Crippen molar-refractivity contribution < 1.29 is 113 Å². The van der Waals surface area contributed by atoms with E-state index in [1.54, 1.807) is 98.6 Å². The van der Waals surface area contributed by atoms with Crippen LogP contribution in [-0.4, -0.2) is 180 Å². The van der Waals surface area contributed by atoms with Gasteiger partial charge in [-0.3, -0.25) is 38.3 Å². The second-order valence-corrected chi connectivity index (χ2v) is 61.7. The van der Waals surface area contributed by atoms with E-state index in [0.29, 0.717) is 16.9 Å². The lowest BCUT2D eigenvalue weighted by atomic mass is 9.44. The largest absolute Gasteiger partial charge is 0.480 e. The van der Waals surface area contributed by atoms with Crippen molar-refractivity contribution in [3.05, 3.63) is 186 Å². The van der Waals surface area contributed by atoms with Crippen LogP contribution in [0.4, 0.5) is 38.5 Å². The summed E-state index contributed by atoms with van der Waals surface area (Å²) in [6.07, 6.45) is -0.310. The number of aromatic nitrogens is 1. The number of rotatable bonds is 19. The zero-order chi connectivity index (χ0) is 103. The Labute approximate surface area is 830 Å². The predicted octanol–water partition coefficient (Wildman–Crippen LogP) is 22.3. The van der Waals surface area contributed by atoms with Crippen LogP contribution in [0.2, 0.25) is 36.3 Å². The van der Waals surface area contributed by atoms with Crippen molar-refractivity contribution in [2.75, 3.05) is 24.3 Å². The van der Waals surface area contributed by atoms with Crippen molar-refractivity contribution in [1.29, 1.82) is 0 Å². The number of anilines is 2. The number of ether oxygens (including phenoxy) is 6. The third-order valence-electron chi connectivity index (χ3n) is 29.9. The monoisotopic (exact) mass is 2070 g/mol. The molecule has 25 nitrogen and oxygen atoms in total. The first-order valence-electron chi connectivity index (χ1n) is 46.2. The van der Waals surface area contributed by atoms with Crippen LogP contribution in [0.25, 0.3) is 0 Å². The predicted molar refractivity (Wildman–Crippen MR) is 529 cm³/mol. The van der Waals surface area contributed by atoms with E-state index >= 15 is 17.6 Å². The molecule has 3 amide bonds. The molecule has 1 aromatic heterocycles. The first kappa shape index (κ1) is 111. The van der Waals surface area contributed by atoms with Gasteiger partial charge < -0.3 is 74.3 Å². The fraction of sp³-hybridized carbons (Fsp3) is 0.554. The number of carboxylic acid groups (broad SMARTS) is 1. The van der Waals surface area contributed by atoms with E-state index < -0.39 is 198 Å². The number of hydrogen-bond acceptors (Lipinski definition) is 23. The number of carboxylic acids is 1. The Balaban J connectivity index is 0.000000215. The number of aliphatic carboxylic acids is 1. The molecule has 3 heterocycles. The maximum absolute atomic E-state index is 18.1. The molecule has 8 aliphatic carbocycles. The zero-order valence-corrected chi connectivity index (χ0v) is 88.8. The molecule has 6 saturated carbocycles. The highest BCUT2D eigenvalue weighted by Crippen LogP contribution is 2.76. The van der Waals surface area contributed by atoms with E-state index in [2.05, 4.69) is 122 Å². The molecule has 2 aliphatic heterocycles. The van der Waals surface area contributed by atoms with Crippen molar-refractivity contribution in [1.82, 2.24) is 15.6 Å². The lowest BCUT2D eigenvalue weighted by Crippen LogP contribution is -2.71. The standard InChI is InChI=1S/C48H62F2N2O9SSi.C40H49F2NO6SSi.C8H15NO4.C5H5N.Cl3OP/c1-27(51-42(57)61-43(2,3)4)40(56)52-29-14-18-32(19-15-29)62-31-16-12-28(13-17-31)41-59-39-24-33-34-23-36(49)35-22-30(53)20-21-45(35,8)47(34,50)37(54)25-46(33,9)48(39,60-41)38(55)26-58-63(10,11)44(5,6)7;1-36(2,3)51(6,7)47-22-33(46)40-34(48-35(49-40)23-8-12-26(13-9-23)50-27-14-10-24(43)11-15-27)20-28-29-19-31(41)30-18-25(44)16-17-37(30,4)39(29,42)32(45)21-38(28,40)5;1-5(6(10)11)9-7(12)13-8(2,3)4;1-2-4-6-5-3-1;1-5(2,3)4/h12-22,27,33-34,36-37,39,41,54H,23-26H2,1-11H3,(H,51,57)(H,52,56);8-18,28-29,31-32,34-35,45H,19-22,43H2,1-7H3;5H,1-4H3,(H,9,12)(H,10,11);1-5H;/t27-,33-,34-,36-,37-,39+,41+,45-,46-,47-,48+;28-,29-,31-,32-,34+,35+,37-,38-,39-,40+;5-;;/m000../s1. The summed E-state index contributed by atoms with van der Waals surface area (Å²) in [6, 6.07) is 34.2. The first-order chi connectivity index (χ1) is 63.6. The summed E-state index contributed by atoms with van der Waals surface area (Å²) in [4.78, 5) is 108. The number of nitrogens with one attached hydrogen (secondary N) is 3. The van der Waals surface area contributed by atoms with Crippen LogP contribution < -0.4 is 21.7 Å². The molecular weight excluding hydrogens is 1940 g/mol. The molecule has 4 aromatic carbocycles. The number of alkyl halides is 4. The van der Waals surface area contributed by atoms with Gasteiger partial charge >= 0.3 is 23.4 Å². The average molecular weight is 2070 g/mol. The molecule has 754 valence electrons. The number of alkyl carbamates (subject to hydrolysis) is 2. The van der Waals surface area contributed by atoms with E-state index in [1.165, 1.54) is 55.1 Å². The van der Waals surface area contributed by atoms with Crippen LogP contribution in [0.1, 0.15) is 187 Å². The number of fused-ring (bicyclic) bond motifs is 14. The highest BCUT2D eigenvalue weighted by Gasteiger charge is 2.82. The second-order valence-electron chi connectivity index (χ2n) is 43.2. The number of carbonyl (C=O) groups excluding carboxylic acids is 7. The Morgan fingerprint density at radius 2 is 0.891 bits per heavy atom. The number of carbonyl (C=O) groups is 8. The Morgan fingerprint density at radius 1 is 0.551 bits per heavy atom. The number of nitrogens with zero attached hydrogens (tertiary/aromatic N) is 1. The van der Waals surface area contributed by atoms with Gasteiger partial charge in [-0.05, 0) is 310 Å². The molecule has 0 radical (unpaired) electrons. The van der Waals surface area contributed by atoms with Gasteiger partial charge in [-0.25, -0.2) is 27.2 Å². The molecule has 0 spiro atoms. The topological polar surface area (TPSA) is 363 Å². The van der Waals surface area contributed by atoms with Crippen LogP contribution >= 0.6 is 62.4 Å². The minimum atomic E-state index is -3.22. The first-order valence-corrected chi connectivity index (χ1v) is 58.0. The molecule has 8 fully saturated rings. The second kappa shape index (κ2) is 41.4. The van der Waals surface area contributed by atoms with Crippen molar-refractivity contribution in [2.45, 2.75) is 314 Å². The minimum absolute atomic E-state index is 0.0408. The number of nitrogen functional groups attached to an aromatic ring is 1. The maximum atomic E-state index is 18.1. The number of aliphatic hydroxyl groups is 2. The molecule has 2 saturated heterocycles. The summed E-state index contributed by atoms with van der Waals surface area (Å²) in [5.41, 5.74) is -5.89. The molecule has 22 atom stereocenters. The summed E-state index contributed by atoms with van der Waals surface area (Å²) in [5.74, 6) is -6.08. The summed E-state index contributed by atoms with van der Waals surface area (Å²) < 4.78 is 128. The molecule has 0 unspecified atom stereocenters. The van der Waals surface area contributed by atoms with Crippen LogP contribution in [0.5, 0.6) is 0 Å². The number of allylic oxidation sites excluding steroid dienone is 8. The quantitative estimate of drug-likeness (QED) is 0.0175. The summed E-state index contributed by atoms with van der Waals surface area (Å²) in [7, 11) is -4.82. The van der Waals surface area contributed by atoms with Crippen LogP contribution in [-0.2, 0) is 70.6 Å². The van der Waals surface area contributed by atoms with E-state index in [1.807, 2.05) is 117 Å². The molecule has 15 rings (SSSR count). The van der Waals surface area contributed by atoms with E-state index in [4.69, 9.17) is 48.1 Å². The number of nitrogens with two attached hydrogens (primary N) is 1. The molecule has 0 bridgehead atoms. The number of halogens is 7. The summed E-state index contributed by atoms with van der Waals surface area (Å²) >= 11 is 16.9. The number of amides is 3. The number of Topliss-reactive ketones (excluding diaryl/α,β-unsaturated/α-hetero) is 2. The minimum Gasteiger partial charge on any atom is -0.480 e. The maximum Gasteiger partial charge on any atom is 0.408 e. The lowest BCUT2D eigenvalue weighted by molar-refractivity contribution is -0.235. The van der Waals surface area contributed by atoms with Crippen molar-refractivity contribution in [3.8, 4) is 0 Å². The lowest BCUT2D eigenvalue weighted by Gasteiger charge is -2.63. The van der Waals surface area contributed by atoms with Crippen LogP contribution in [0.3, 0.4) is 0 Å². The Kier molecular flexibility index (Phi) is 33.3. The number of aliphatic hydroxyl groups excluding tert-OH is 2. The zero-order valence-electron chi connectivity index (χ0n) is 82.0. The van der Waals surface area contributed by atoms with Gasteiger partial charge in [-0.15, -0.1) is 0 Å². The van der Waals surface area contributed by atoms with Gasteiger partial charge in [0, 0.05) is 88.0 Å². The molecule has 138 heavy (non-hydrogen) atoms. The summed E-state index contributed by atoms with van der Waals surface area (Å²) in [6.45, 7) is 40.5. The number of benzene rings is 4. The van der Waals surface area contributed by atoms with E-state index in [9.17, 15) is 53.1 Å². The van der Waals surface area contributed by atoms with Gasteiger partial charge in [0.25, 0.3) is 0 Å². The van der Waals surface area contributed by atoms with Gasteiger partial charge in [0.1, 0.15) is 35.6 Å². The third-order valence-corrected chi connectivity index (χ3v) is 40.9. The third kappa shape index (κ3) is 22.9. The highest BCUT2D eigenvalue weighted by atomic mass is 36.0. The van der Waals surface area contributed by atoms with E-state index in [-0.39, 0.29) is 84.5 Å². The van der Waals surface area contributed by atoms with Gasteiger partial charge in [-0.1, -0.05) is 121 Å². The van der Waals surface area contributed by atoms with Crippen molar-refractivity contribution >= 4 is 138 Å². The highest BCUT2D eigenvalue weighted by molar-refractivity contribution is 8.24. The Hall–Kier alpha value is -7.42. The Bertz CT molecular complexity index is 5480. The summed E-state index contributed by atoms with van der Waals surface area (Å²) in [5, 5.41) is 36.4. The van der Waals surface area contributed by atoms with E-state index in [0.717, 1.165) is 25.1 Å². The van der Waals surface area contributed by atoms with Crippen molar-refractivity contribution in [2.24, 2.45) is 45.3 Å². The van der Waals surface area contributed by atoms with Gasteiger partial charge in [0.2, 0.25) is 5.91 Å². The number of hydrogen-bond donors (Lipinski definition) is 7. The van der Waals surface area contributed by atoms with Crippen LogP contribution in [0, 0.1) is 45.3 Å². The van der Waals surface area contributed by atoms with Crippen LogP contribution in [0.15, 0.2) is 195 Å². The number of ketones is 4. The Morgan fingerprint density at radius 3 is 1.21 bits per heavy atom. The molecule has 5 aromatic rings. The molecule has 37 heteroatoms. The van der Waals surface area contributed by atoms with Gasteiger partial charge in [-0.2, -0.15) is 0 Å². The molecule has 10 aliphatic rings. The normalized spacial score (nSPS) is 32.0. The van der Waals surface area contributed by atoms with Gasteiger partial charge in [0.15, 0.2) is 74.9 Å². The molecule has 8 N–H and O–H groups in total. The fourth-order valence-corrected chi connectivity index (χ4v) is 24.3. The average Bonchev–Trinajstić information content (AvgIpc) is 1.64. The number of pyridine rings is 1.